The van der Waals surface area contributed by atoms with E-state index in [1.54, 1.807) is 25.1 Å². The van der Waals surface area contributed by atoms with E-state index in [0.717, 1.165) is 15.7 Å². The number of aromatic nitrogens is 3. The van der Waals surface area contributed by atoms with Gasteiger partial charge in [-0.1, -0.05) is 51.3 Å². The maximum atomic E-state index is 12.8. The van der Waals surface area contributed by atoms with Gasteiger partial charge in [0, 0.05) is 20.4 Å². The summed E-state index contributed by atoms with van der Waals surface area (Å²) in [6, 6.07) is 12.7. The van der Waals surface area contributed by atoms with Gasteiger partial charge in [-0.3, -0.25) is 9.89 Å². The van der Waals surface area contributed by atoms with E-state index in [-0.39, 0.29) is 11.2 Å². The molecule has 0 aliphatic heterocycles. The summed E-state index contributed by atoms with van der Waals surface area (Å²) in [4.78, 5) is 17.4. The van der Waals surface area contributed by atoms with E-state index in [2.05, 4.69) is 36.2 Å². The quantitative estimate of drug-likeness (QED) is 0.299. The molecular formula is C19H12BrCl2N5OS. The van der Waals surface area contributed by atoms with Crippen molar-refractivity contribution in [1.82, 2.24) is 14.8 Å². The van der Waals surface area contributed by atoms with Crippen LogP contribution in [0.15, 0.2) is 67.3 Å². The number of aryl methyl sites for hydroxylation is 1. The average molecular weight is 509 g/mol. The molecule has 0 aliphatic rings. The molecule has 1 N–H and O–H groups in total. The molecule has 2 aromatic carbocycles. The monoisotopic (exact) mass is 507 g/mol. The van der Waals surface area contributed by atoms with Crippen LogP contribution in [-0.2, 0) is 0 Å². The summed E-state index contributed by atoms with van der Waals surface area (Å²) in [6.45, 7) is 1.75. The van der Waals surface area contributed by atoms with E-state index in [0.29, 0.717) is 26.6 Å². The maximum Gasteiger partial charge on any atom is 0.301 e. The van der Waals surface area contributed by atoms with E-state index in [4.69, 9.17) is 23.2 Å². The van der Waals surface area contributed by atoms with Crippen molar-refractivity contribution >= 4 is 61.8 Å². The number of aromatic amines is 1. The van der Waals surface area contributed by atoms with E-state index in [1.807, 2.05) is 29.6 Å². The van der Waals surface area contributed by atoms with Gasteiger partial charge in [0.15, 0.2) is 5.69 Å². The largest absolute Gasteiger partial charge is 0.301 e. The van der Waals surface area contributed by atoms with Crippen molar-refractivity contribution in [3.8, 4) is 16.4 Å². The van der Waals surface area contributed by atoms with Crippen LogP contribution in [0.25, 0.3) is 16.4 Å². The van der Waals surface area contributed by atoms with Crippen LogP contribution in [0.3, 0.4) is 0 Å². The van der Waals surface area contributed by atoms with Crippen LogP contribution in [0.1, 0.15) is 5.69 Å². The SMILES string of the molecule is Cc1[nH]n(-c2nc(-c3ccc(Br)cc3)cs2)c(=O)c1N=Nc1cc(Cl)ccc1Cl. The van der Waals surface area contributed by atoms with Crippen molar-refractivity contribution in [3.63, 3.8) is 0 Å². The Morgan fingerprint density at radius 2 is 1.90 bits per heavy atom. The Morgan fingerprint density at radius 3 is 2.66 bits per heavy atom. The summed E-state index contributed by atoms with van der Waals surface area (Å²) in [7, 11) is 0. The van der Waals surface area contributed by atoms with Crippen molar-refractivity contribution in [2.45, 2.75) is 6.92 Å². The second-order valence-corrected chi connectivity index (χ2v) is 8.64. The van der Waals surface area contributed by atoms with Crippen LogP contribution in [0.5, 0.6) is 0 Å². The molecule has 2 heterocycles. The first-order valence-corrected chi connectivity index (χ1v) is 10.8. The molecule has 0 aliphatic carbocycles. The first-order valence-electron chi connectivity index (χ1n) is 8.32. The number of azo groups is 1. The van der Waals surface area contributed by atoms with Crippen LogP contribution in [0.2, 0.25) is 10.0 Å². The molecule has 0 amide bonds. The van der Waals surface area contributed by atoms with Gasteiger partial charge in [-0.15, -0.1) is 21.6 Å². The predicted octanol–water partition coefficient (Wildman–Crippen LogP) is 7.08. The Balaban J connectivity index is 1.67. The van der Waals surface area contributed by atoms with Crippen LogP contribution >= 0.6 is 50.5 Å². The highest BCUT2D eigenvalue weighted by Gasteiger charge is 2.15. The maximum absolute atomic E-state index is 12.8. The molecule has 2 aromatic heterocycles. The number of hydrogen-bond acceptors (Lipinski definition) is 5. The Kier molecular flexibility index (Phi) is 5.69. The molecule has 10 heteroatoms. The summed E-state index contributed by atoms with van der Waals surface area (Å²) in [6.07, 6.45) is 0. The zero-order chi connectivity index (χ0) is 20.5. The summed E-state index contributed by atoms with van der Waals surface area (Å²) in [5, 5.41) is 14.4. The minimum absolute atomic E-state index is 0.182. The molecule has 0 fully saturated rings. The number of thiazole rings is 1. The highest BCUT2D eigenvalue weighted by Crippen LogP contribution is 2.30. The fourth-order valence-electron chi connectivity index (χ4n) is 2.58. The van der Waals surface area contributed by atoms with Gasteiger partial charge in [-0.25, -0.2) is 4.98 Å². The molecule has 146 valence electrons. The number of halogens is 3. The van der Waals surface area contributed by atoms with E-state index >= 15 is 0 Å². The van der Waals surface area contributed by atoms with Crippen molar-refractivity contribution in [2.24, 2.45) is 10.2 Å². The lowest BCUT2D eigenvalue weighted by Gasteiger charge is -1.97. The fourth-order valence-corrected chi connectivity index (χ4v) is 3.95. The van der Waals surface area contributed by atoms with Gasteiger partial charge < -0.3 is 0 Å². The third kappa shape index (κ3) is 4.20. The first kappa shape index (κ1) is 20.0. The number of rotatable bonds is 4. The summed E-state index contributed by atoms with van der Waals surface area (Å²) >= 11 is 16.8. The molecule has 0 saturated carbocycles. The van der Waals surface area contributed by atoms with Gasteiger partial charge in [-0.05, 0) is 37.3 Å². The summed E-state index contributed by atoms with van der Waals surface area (Å²) < 4.78 is 2.35. The van der Waals surface area contributed by atoms with Crippen molar-refractivity contribution in [3.05, 3.63) is 78.4 Å². The standard InChI is InChI=1S/C19H12BrCl2N5OS/c1-10-17(25-24-15-8-13(21)6-7-14(15)22)18(28)27(26-10)19-23-16(9-29-19)11-2-4-12(20)5-3-11/h2-9,26H,1H3. The minimum Gasteiger partial charge on any atom is -0.291 e. The lowest BCUT2D eigenvalue weighted by atomic mass is 10.2. The summed E-state index contributed by atoms with van der Waals surface area (Å²) in [5.74, 6) is 0. The van der Waals surface area contributed by atoms with Crippen LogP contribution < -0.4 is 5.56 Å². The first-order chi connectivity index (χ1) is 13.9. The Bertz CT molecular complexity index is 1280. The van der Waals surface area contributed by atoms with E-state index in [1.165, 1.54) is 16.0 Å². The Hall–Kier alpha value is -2.26. The fraction of sp³-hybridized carbons (Fsp3) is 0.0526. The van der Waals surface area contributed by atoms with E-state index < -0.39 is 0 Å². The number of hydrogen-bond donors (Lipinski definition) is 1. The molecule has 4 rings (SSSR count). The zero-order valence-corrected chi connectivity index (χ0v) is 18.8. The third-order valence-corrected chi connectivity index (χ3v) is 5.94. The van der Waals surface area contributed by atoms with Crippen molar-refractivity contribution in [1.29, 1.82) is 0 Å². The van der Waals surface area contributed by atoms with Gasteiger partial charge in [0.1, 0.15) is 5.69 Å². The molecule has 29 heavy (non-hydrogen) atoms. The zero-order valence-electron chi connectivity index (χ0n) is 14.9. The molecular weight excluding hydrogens is 497 g/mol. The highest BCUT2D eigenvalue weighted by molar-refractivity contribution is 9.10. The topological polar surface area (TPSA) is 75.4 Å². The summed E-state index contributed by atoms with van der Waals surface area (Å²) in [5.41, 5.74) is 2.53. The van der Waals surface area contributed by atoms with Crippen LogP contribution in [0.4, 0.5) is 11.4 Å². The van der Waals surface area contributed by atoms with Crippen LogP contribution in [0, 0.1) is 6.92 Å². The van der Waals surface area contributed by atoms with Gasteiger partial charge in [0.2, 0.25) is 5.13 Å². The molecule has 0 radical (unpaired) electrons. The van der Waals surface area contributed by atoms with Crippen molar-refractivity contribution < 1.29 is 0 Å². The number of benzene rings is 2. The highest BCUT2D eigenvalue weighted by atomic mass is 79.9. The average Bonchev–Trinajstić information content (AvgIpc) is 3.28. The molecule has 4 aromatic rings. The minimum atomic E-state index is -0.346. The lowest BCUT2D eigenvalue weighted by Crippen LogP contribution is -2.13. The molecule has 0 spiro atoms. The lowest BCUT2D eigenvalue weighted by molar-refractivity contribution is 0.827. The smallest absolute Gasteiger partial charge is 0.291 e. The predicted molar refractivity (Wildman–Crippen MR) is 121 cm³/mol. The van der Waals surface area contributed by atoms with Crippen molar-refractivity contribution in [2.75, 3.05) is 0 Å². The van der Waals surface area contributed by atoms with Crippen LogP contribution in [-0.4, -0.2) is 14.8 Å². The normalized spacial score (nSPS) is 11.4. The second-order valence-electron chi connectivity index (χ2n) is 6.04. The number of nitrogens with one attached hydrogen (secondary N) is 1. The van der Waals surface area contributed by atoms with Gasteiger partial charge in [0.25, 0.3) is 0 Å². The molecule has 0 bridgehead atoms. The van der Waals surface area contributed by atoms with Gasteiger partial charge in [-0.2, -0.15) is 4.68 Å². The third-order valence-electron chi connectivity index (χ3n) is 4.03. The molecule has 6 nitrogen and oxygen atoms in total. The Morgan fingerprint density at radius 1 is 1.14 bits per heavy atom. The van der Waals surface area contributed by atoms with Gasteiger partial charge in [0.05, 0.1) is 16.4 Å². The molecule has 0 saturated heterocycles. The number of nitrogens with zero attached hydrogens (tertiary/aromatic N) is 4. The van der Waals surface area contributed by atoms with E-state index in [9.17, 15) is 4.79 Å². The van der Waals surface area contributed by atoms with Gasteiger partial charge >= 0.3 is 5.56 Å². The second kappa shape index (κ2) is 8.23. The number of H-pyrrole nitrogens is 1. The molecule has 0 atom stereocenters. The molecule has 0 unspecified atom stereocenters. The Labute approximate surface area is 188 Å².